The Morgan fingerprint density at radius 2 is 1.57 bits per heavy atom. The topological polar surface area (TPSA) is 108 Å². The zero-order chi connectivity index (χ0) is 34.3. The first kappa shape index (κ1) is 33.6. The van der Waals surface area contributed by atoms with Crippen LogP contribution >= 0.6 is 0 Å². The Hall–Kier alpha value is -3.89. The van der Waals surface area contributed by atoms with Gasteiger partial charge in [0.2, 0.25) is 5.91 Å². The quantitative estimate of drug-likeness (QED) is 0.279. The largest absolute Gasteiger partial charge is 0.392 e. The van der Waals surface area contributed by atoms with Crippen LogP contribution in [0.2, 0.25) is 0 Å². The van der Waals surface area contributed by atoms with E-state index in [4.69, 9.17) is 9.47 Å². The molecule has 3 heterocycles. The van der Waals surface area contributed by atoms with Crippen LogP contribution in [-0.2, 0) is 20.9 Å². The number of fused-ring (bicyclic) bond motifs is 2. The van der Waals surface area contributed by atoms with E-state index < -0.39 is 6.29 Å². The number of piperidine rings is 1. The van der Waals surface area contributed by atoms with Crippen LogP contribution < -0.4 is 10.2 Å². The van der Waals surface area contributed by atoms with E-state index >= 15 is 0 Å². The zero-order valence-corrected chi connectivity index (χ0v) is 28.6. The molecule has 0 radical (unpaired) electrons. The van der Waals surface area contributed by atoms with Crippen molar-refractivity contribution in [1.82, 2.24) is 10.2 Å². The van der Waals surface area contributed by atoms with Gasteiger partial charge in [-0.3, -0.25) is 19.3 Å². The van der Waals surface area contributed by atoms with Gasteiger partial charge < -0.3 is 19.9 Å². The molecule has 0 spiro atoms. The van der Waals surface area contributed by atoms with Gasteiger partial charge in [-0.15, -0.1) is 0 Å². The lowest BCUT2D eigenvalue weighted by atomic mass is 9.75. The van der Waals surface area contributed by atoms with Gasteiger partial charge in [0.25, 0.3) is 11.8 Å². The Morgan fingerprint density at radius 1 is 0.857 bits per heavy atom. The lowest BCUT2D eigenvalue weighted by molar-refractivity contribution is -0.255. The summed E-state index contributed by atoms with van der Waals surface area (Å²) in [5, 5.41) is 12.9. The van der Waals surface area contributed by atoms with Gasteiger partial charge in [0.1, 0.15) is 0 Å². The van der Waals surface area contributed by atoms with Crippen molar-refractivity contribution < 1.29 is 29.0 Å². The van der Waals surface area contributed by atoms with Crippen LogP contribution in [0.25, 0.3) is 0 Å². The second-order valence-electron chi connectivity index (χ2n) is 15.1. The minimum absolute atomic E-state index is 0.0414. The molecule has 0 bridgehead atoms. The molecule has 3 fully saturated rings. The molecule has 258 valence electrons. The number of amides is 3. The van der Waals surface area contributed by atoms with Crippen LogP contribution in [0, 0.1) is 5.92 Å². The van der Waals surface area contributed by atoms with Gasteiger partial charge in [-0.2, -0.15) is 0 Å². The van der Waals surface area contributed by atoms with E-state index in [1.807, 2.05) is 57.2 Å². The fourth-order valence-corrected chi connectivity index (χ4v) is 8.23. The second-order valence-corrected chi connectivity index (χ2v) is 15.1. The van der Waals surface area contributed by atoms with E-state index in [1.54, 1.807) is 36.4 Å². The molecule has 0 aromatic heterocycles. The fourth-order valence-electron chi connectivity index (χ4n) is 8.23. The summed E-state index contributed by atoms with van der Waals surface area (Å²) >= 11 is 0. The van der Waals surface area contributed by atoms with Crippen LogP contribution in [0.15, 0.2) is 72.8 Å². The molecule has 3 aromatic rings. The summed E-state index contributed by atoms with van der Waals surface area (Å²) in [6, 6.07) is 22.0. The number of likely N-dealkylation sites (tertiary alicyclic amines) is 1. The molecule has 0 unspecified atom stereocenters. The van der Waals surface area contributed by atoms with Gasteiger partial charge in [-0.1, -0.05) is 61.4 Å². The monoisotopic (exact) mass is 665 g/mol. The highest BCUT2D eigenvalue weighted by Crippen LogP contribution is 2.43. The average Bonchev–Trinajstić information content (AvgIpc) is 3.36. The van der Waals surface area contributed by atoms with Gasteiger partial charge >= 0.3 is 0 Å². The number of hydrogen-bond acceptors (Lipinski definition) is 7. The van der Waals surface area contributed by atoms with Crippen molar-refractivity contribution in [3.05, 3.63) is 101 Å². The number of anilines is 1. The maximum Gasteiger partial charge on any atom is 0.266 e. The minimum Gasteiger partial charge on any atom is -0.392 e. The molecule has 9 nitrogen and oxygen atoms in total. The van der Waals surface area contributed by atoms with E-state index in [1.165, 1.54) is 17.7 Å². The first-order valence-electron chi connectivity index (χ1n) is 17.8. The third kappa shape index (κ3) is 6.95. The van der Waals surface area contributed by atoms with Gasteiger partial charge in [0.15, 0.2) is 6.29 Å². The molecule has 1 saturated carbocycles. The van der Waals surface area contributed by atoms with E-state index in [9.17, 15) is 19.5 Å². The molecule has 3 aliphatic heterocycles. The summed E-state index contributed by atoms with van der Waals surface area (Å²) in [4.78, 5) is 44.1. The van der Waals surface area contributed by atoms with E-state index in [2.05, 4.69) is 10.2 Å². The van der Waals surface area contributed by atoms with Crippen LogP contribution in [0.3, 0.4) is 0 Å². The second kappa shape index (κ2) is 13.8. The highest BCUT2D eigenvalue weighted by molar-refractivity contribution is 6.34. The van der Waals surface area contributed by atoms with E-state index in [0.717, 1.165) is 36.8 Å². The summed E-state index contributed by atoms with van der Waals surface area (Å²) in [5.74, 6) is -0.0597. The number of rotatable bonds is 7. The first-order valence-corrected chi connectivity index (χ1v) is 17.8. The molecule has 9 heteroatoms. The molecule has 2 saturated heterocycles. The normalized spacial score (nSPS) is 27.5. The van der Waals surface area contributed by atoms with E-state index in [0.29, 0.717) is 47.3 Å². The molecule has 2 N–H and O–H groups in total. The van der Waals surface area contributed by atoms with Crippen LogP contribution in [0.5, 0.6) is 0 Å². The van der Waals surface area contributed by atoms with Crippen molar-refractivity contribution in [3.8, 4) is 0 Å². The average molecular weight is 666 g/mol. The summed E-state index contributed by atoms with van der Waals surface area (Å²) in [5.41, 5.74) is 3.41. The van der Waals surface area contributed by atoms with Crippen LogP contribution in [0.4, 0.5) is 5.69 Å². The van der Waals surface area contributed by atoms with Crippen molar-refractivity contribution >= 4 is 23.4 Å². The number of aliphatic hydroxyl groups is 1. The van der Waals surface area contributed by atoms with Gasteiger partial charge in [-0.05, 0) is 87.8 Å². The molecule has 1 aliphatic carbocycles. The fraction of sp³-hybridized carbons (Fsp3) is 0.475. The molecule has 3 aromatic carbocycles. The number of hydrogen-bond donors (Lipinski definition) is 2. The van der Waals surface area contributed by atoms with Gasteiger partial charge in [-0.25, -0.2) is 4.90 Å². The predicted octanol–water partition coefficient (Wildman–Crippen LogP) is 6.46. The van der Waals surface area contributed by atoms with Crippen molar-refractivity contribution in [2.24, 2.45) is 5.92 Å². The Kier molecular flexibility index (Phi) is 9.45. The van der Waals surface area contributed by atoms with Crippen molar-refractivity contribution in [2.45, 2.75) is 108 Å². The molecule has 6 atom stereocenters. The Labute approximate surface area is 288 Å². The summed E-state index contributed by atoms with van der Waals surface area (Å²) in [6.45, 7) is 6.62. The predicted molar refractivity (Wildman–Crippen MR) is 186 cm³/mol. The highest BCUT2D eigenvalue weighted by Gasteiger charge is 2.44. The first-order chi connectivity index (χ1) is 23.6. The molecule has 3 amide bonds. The molecular formula is C40H47N3O6. The summed E-state index contributed by atoms with van der Waals surface area (Å²) in [6.07, 6.45) is 5.80. The Morgan fingerprint density at radius 3 is 2.27 bits per heavy atom. The highest BCUT2D eigenvalue weighted by atomic mass is 16.7. The zero-order valence-electron chi connectivity index (χ0n) is 28.6. The maximum atomic E-state index is 13.8. The number of aliphatic hydroxyl groups excluding tert-OH is 1. The maximum absolute atomic E-state index is 13.8. The molecule has 7 rings (SSSR count). The van der Waals surface area contributed by atoms with Crippen molar-refractivity contribution in [2.75, 3.05) is 11.4 Å². The standard InChI is InChI=1S/C40H47N3O6/c1-40(2,3)41-36(45)34-20-19-26-9-4-7-14-33(26)42(34)23-30-22-35(27-17-15-25(24-44)16-18-27)49-39(48-30)28-10-8-11-29(21-28)43-37(46)31-12-5-6-13-32(31)38(43)47/h5-6,8,10-13,15-18,21,26,30,33-35,39,44H,4,7,9,14,19-20,22-24H2,1-3H3,(H,41,45)/t26-,30+,33-,34-,35-,39-/m1/s1. The van der Waals surface area contributed by atoms with Crippen molar-refractivity contribution in [1.29, 1.82) is 0 Å². The van der Waals surface area contributed by atoms with Crippen LogP contribution in [-0.4, -0.2) is 58.0 Å². The number of ether oxygens (including phenoxy) is 2. The van der Waals surface area contributed by atoms with E-state index in [-0.39, 0.29) is 48.1 Å². The number of benzene rings is 3. The summed E-state index contributed by atoms with van der Waals surface area (Å²) in [7, 11) is 0. The smallest absolute Gasteiger partial charge is 0.266 e. The number of carbonyl (C=O) groups is 3. The number of imide groups is 1. The third-order valence-electron chi connectivity index (χ3n) is 10.5. The summed E-state index contributed by atoms with van der Waals surface area (Å²) < 4.78 is 13.5. The van der Waals surface area contributed by atoms with Crippen LogP contribution in [0.1, 0.15) is 116 Å². The molecular weight excluding hydrogens is 618 g/mol. The Balaban J connectivity index is 1.19. The SMILES string of the molecule is CC(C)(C)NC(=O)[C@H]1CC[C@H]2CCCC[C@H]2N1C[C@@H]1C[C@H](c2ccc(CO)cc2)O[C@H](c2cccc(N3C(=O)c4ccccc4C3=O)c2)O1. The number of nitrogens with one attached hydrogen (secondary N) is 1. The van der Waals surface area contributed by atoms with Gasteiger partial charge in [0.05, 0.1) is 41.7 Å². The Bertz CT molecular complexity index is 1670. The molecule has 49 heavy (non-hydrogen) atoms. The minimum atomic E-state index is -0.773. The third-order valence-corrected chi connectivity index (χ3v) is 10.5. The lowest BCUT2D eigenvalue weighted by Crippen LogP contribution is -2.61. The number of carbonyl (C=O) groups excluding carboxylic acids is 3. The molecule has 4 aliphatic rings. The van der Waals surface area contributed by atoms with Crippen molar-refractivity contribution in [3.63, 3.8) is 0 Å². The lowest BCUT2D eigenvalue weighted by Gasteiger charge is -2.50. The number of nitrogens with zero attached hydrogens (tertiary/aromatic N) is 2. The van der Waals surface area contributed by atoms with Gasteiger partial charge in [0, 0.05) is 30.1 Å².